The van der Waals surface area contributed by atoms with E-state index in [4.69, 9.17) is 0 Å². The highest BCUT2D eigenvalue weighted by molar-refractivity contribution is 5.78. The van der Waals surface area contributed by atoms with Crippen molar-refractivity contribution in [3.05, 3.63) is 23.5 Å². The van der Waals surface area contributed by atoms with E-state index in [0.29, 0.717) is 19.0 Å². The first-order valence-corrected chi connectivity index (χ1v) is 8.56. The smallest absolute Gasteiger partial charge is 0.239 e. The molecule has 0 bridgehead atoms. The van der Waals surface area contributed by atoms with Gasteiger partial charge < -0.3 is 14.8 Å². The maximum absolute atomic E-state index is 12.2. The molecule has 2 amide bonds. The molecule has 0 saturated carbocycles. The van der Waals surface area contributed by atoms with Gasteiger partial charge in [0.1, 0.15) is 6.54 Å². The minimum Gasteiger partial charge on any atom is -0.354 e. The van der Waals surface area contributed by atoms with Gasteiger partial charge in [-0.05, 0) is 44.7 Å². The summed E-state index contributed by atoms with van der Waals surface area (Å²) < 4.78 is 2.02. The molecule has 1 aromatic heterocycles. The third-order valence-corrected chi connectivity index (χ3v) is 4.63. The Morgan fingerprint density at radius 2 is 1.91 bits per heavy atom. The number of likely N-dealkylation sites (tertiary alicyclic amines) is 1. The van der Waals surface area contributed by atoms with Crippen LogP contribution in [0.4, 0.5) is 0 Å². The molecule has 2 heterocycles. The van der Waals surface area contributed by atoms with E-state index in [0.717, 1.165) is 37.3 Å². The fourth-order valence-electron chi connectivity index (χ4n) is 3.20. The Labute approximate surface area is 139 Å². The van der Waals surface area contributed by atoms with Crippen LogP contribution in [-0.2, 0) is 16.1 Å². The summed E-state index contributed by atoms with van der Waals surface area (Å²) >= 11 is 0. The highest BCUT2D eigenvalue weighted by atomic mass is 16.2. The van der Waals surface area contributed by atoms with Gasteiger partial charge >= 0.3 is 0 Å². The van der Waals surface area contributed by atoms with Gasteiger partial charge in [0, 0.05) is 36.9 Å². The molecule has 2 rings (SSSR count). The van der Waals surface area contributed by atoms with Gasteiger partial charge in [0.05, 0.1) is 0 Å². The maximum atomic E-state index is 12.2. The number of hydrogen-bond acceptors (Lipinski definition) is 2. The summed E-state index contributed by atoms with van der Waals surface area (Å²) in [5.41, 5.74) is 2.20. The van der Waals surface area contributed by atoms with E-state index in [-0.39, 0.29) is 17.7 Å². The third-order valence-electron chi connectivity index (χ3n) is 4.63. The minimum absolute atomic E-state index is 0.0414. The number of hydrogen-bond donors (Lipinski definition) is 1. The predicted molar refractivity (Wildman–Crippen MR) is 91.1 cm³/mol. The number of rotatable bonds is 5. The van der Waals surface area contributed by atoms with Crippen molar-refractivity contribution in [3.63, 3.8) is 0 Å². The second-order valence-electron chi connectivity index (χ2n) is 6.95. The molecule has 5 heteroatoms. The Balaban J connectivity index is 1.81. The van der Waals surface area contributed by atoms with Gasteiger partial charge in [-0.2, -0.15) is 0 Å². The molecule has 0 radical (unpaired) electrons. The van der Waals surface area contributed by atoms with E-state index in [1.165, 1.54) is 0 Å². The Hall–Kier alpha value is -1.78. The fourth-order valence-corrected chi connectivity index (χ4v) is 3.20. The van der Waals surface area contributed by atoms with Crippen molar-refractivity contribution < 1.29 is 9.59 Å². The maximum Gasteiger partial charge on any atom is 0.239 e. The van der Waals surface area contributed by atoms with Crippen LogP contribution < -0.4 is 5.32 Å². The molecule has 1 aliphatic heterocycles. The Morgan fingerprint density at radius 1 is 1.26 bits per heavy atom. The minimum atomic E-state index is 0.0414. The van der Waals surface area contributed by atoms with Crippen molar-refractivity contribution in [2.75, 3.05) is 19.6 Å². The summed E-state index contributed by atoms with van der Waals surface area (Å²) in [5, 5.41) is 3.04. The molecular weight excluding hydrogens is 290 g/mol. The lowest BCUT2D eigenvalue weighted by molar-refractivity contribution is -0.136. The lowest BCUT2D eigenvalue weighted by Gasteiger charge is -2.34. The molecule has 0 aliphatic carbocycles. The summed E-state index contributed by atoms with van der Waals surface area (Å²) in [6.07, 6.45) is 2.10. The lowest BCUT2D eigenvalue weighted by atomic mass is 9.97. The Kier molecular flexibility index (Phi) is 5.85. The first kappa shape index (κ1) is 17.6. The standard InChI is InChI=1S/C18H29N3O2/c1-13(2)18(23)20-9-5-6-16(11-20)10-19-17(22)12-21-14(3)7-8-15(21)4/h7-8,13,16H,5-6,9-12H2,1-4H3,(H,19,22). The molecule has 1 aliphatic rings. The zero-order chi connectivity index (χ0) is 17.0. The molecule has 1 atom stereocenters. The second-order valence-corrected chi connectivity index (χ2v) is 6.95. The van der Waals surface area contributed by atoms with Crippen LogP contribution >= 0.6 is 0 Å². The van der Waals surface area contributed by atoms with Crippen LogP contribution in [-0.4, -0.2) is 40.9 Å². The molecule has 5 nitrogen and oxygen atoms in total. The number of nitrogens with one attached hydrogen (secondary N) is 1. The van der Waals surface area contributed by atoms with Gasteiger partial charge in [-0.25, -0.2) is 0 Å². The van der Waals surface area contributed by atoms with Crippen molar-refractivity contribution in [1.82, 2.24) is 14.8 Å². The number of carbonyl (C=O) groups excluding carboxylic acids is 2. The van der Waals surface area contributed by atoms with Crippen molar-refractivity contribution in [3.8, 4) is 0 Å². The van der Waals surface area contributed by atoms with Gasteiger partial charge in [-0.15, -0.1) is 0 Å². The molecular formula is C18H29N3O2. The highest BCUT2D eigenvalue weighted by Crippen LogP contribution is 2.17. The van der Waals surface area contributed by atoms with Crippen molar-refractivity contribution in [1.29, 1.82) is 0 Å². The van der Waals surface area contributed by atoms with Gasteiger partial charge in [-0.3, -0.25) is 9.59 Å². The molecule has 1 fully saturated rings. The van der Waals surface area contributed by atoms with Crippen LogP contribution in [0.3, 0.4) is 0 Å². The largest absolute Gasteiger partial charge is 0.354 e. The molecule has 0 spiro atoms. The molecule has 0 aromatic carbocycles. The summed E-state index contributed by atoms with van der Waals surface area (Å²) in [7, 11) is 0. The summed E-state index contributed by atoms with van der Waals surface area (Å²) in [6.45, 7) is 10.5. The van der Waals surface area contributed by atoms with Crippen molar-refractivity contribution >= 4 is 11.8 Å². The zero-order valence-electron chi connectivity index (χ0n) is 14.8. The van der Waals surface area contributed by atoms with E-state index >= 15 is 0 Å². The summed E-state index contributed by atoms with van der Waals surface area (Å²) in [6, 6.07) is 4.05. The Bertz CT molecular complexity index is 543. The van der Waals surface area contributed by atoms with Crippen LogP contribution in [0, 0.1) is 25.7 Å². The number of nitrogens with zero attached hydrogens (tertiary/aromatic N) is 2. The average molecular weight is 319 g/mol. The first-order valence-electron chi connectivity index (χ1n) is 8.56. The van der Waals surface area contributed by atoms with Gasteiger partial charge in [-0.1, -0.05) is 13.8 Å². The van der Waals surface area contributed by atoms with Crippen LogP contribution in [0.2, 0.25) is 0 Å². The zero-order valence-corrected chi connectivity index (χ0v) is 14.8. The molecule has 128 valence electrons. The van der Waals surface area contributed by atoms with E-state index < -0.39 is 0 Å². The predicted octanol–water partition coefficient (Wildman–Crippen LogP) is 2.12. The molecule has 1 saturated heterocycles. The van der Waals surface area contributed by atoms with Crippen LogP contribution in [0.15, 0.2) is 12.1 Å². The molecule has 1 unspecified atom stereocenters. The number of piperidine rings is 1. The van der Waals surface area contributed by atoms with Crippen LogP contribution in [0.5, 0.6) is 0 Å². The normalized spacial score (nSPS) is 18.3. The first-order chi connectivity index (χ1) is 10.9. The quantitative estimate of drug-likeness (QED) is 0.904. The molecule has 1 N–H and O–H groups in total. The number of aryl methyl sites for hydroxylation is 2. The number of carbonyl (C=O) groups is 2. The third kappa shape index (κ3) is 4.60. The molecule has 1 aromatic rings. The van der Waals surface area contributed by atoms with Crippen molar-refractivity contribution in [2.24, 2.45) is 11.8 Å². The van der Waals surface area contributed by atoms with Crippen LogP contribution in [0.1, 0.15) is 38.1 Å². The van der Waals surface area contributed by atoms with Gasteiger partial charge in [0.15, 0.2) is 0 Å². The summed E-state index contributed by atoms with van der Waals surface area (Å²) in [4.78, 5) is 26.2. The number of amides is 2. The molecule has 23 heavy (non-hydrogen) atoms. The topological polar surface area (TPSA) is 54.3 Å². The van der Waals surface area contributed by atoms with Gasteiger partial charge in [0.2, 0.25) is 11.8 Å². The van der Waals surface area contributed by atoms with E-state index in [1.807, 2.05) is 49.3 Å². The SMILES string of the molecule is Cc1ccc(C)n1CC(=O)NCC1CCCN(C(=O)C(C)C)C1. The van der Waals surface area contributed by atoms with Crippen LogP contribution in [0.25, 0.3) is 0 Å². The number of aromatic nitrogens is 1. The monoisotopic (exact) mass is 319 g/mol. The highest BCUT2D eigenvalue weighted by Gasteiger charge is 2.25. The van der Waals surface area contributed by atoms with Crippen molar-refractivity contribution in [2.45, 2.75) is 47.1 Å². The summed E-state index contributed by atoms with van der Waals surface area (Å²) in [5.74, 6) is 0.671. The average Bonchev–Trinajstić information content (AvgIpc) is 2.84. The second kappa shape index (κ2) is 7.66. The fraction of sp³-hybridized carbons (Fsp3) is 0.667. The van der Waals surface area contributed by atoms with E-state index in [9.17, 15) is 9.59 Å². The Morgan fingerprint density at radius 3 is 2.52 bits per heavy atom. The lowest BCUT2D eigenvalue weighted by Crippen LogP contribution is -2.45. The van der Waals surface area contributed by atoms with E-state index in [2.05, 4.69) is 5.32 Å². The van der Waals surface area contributed by atoms with E-state index in [1.54, 1.807) is 0 Å². The van der Waals surface area contributed by atoms with Gasteiger partial charge in [0.25, 0.3) is 0 Å².